The van der Waals surface area contributed by atoms with E-state index in [1.807, 2.05) is 30.3 Å². The lowest BCUT2D eigenvalue weighted by atomic mass is 10.2. The first-order valence-electron chi connectivity index (χ1n) is 8.79. The number of nitrogens with zero attached hydrogens (tertiary/aromatic N) is 2. The van der Waals surface area contributed by atoms with Gasteiger partial charge < -0.3 is 5.32 Å². The van der Waals surface area contributed by atoms with Gasteiger partial charge in [0.15, 0.2) is 5.82 Å². The molecule has 3 aromatic carbocycles. The molecule has 0 aliphatic carbocycles. The third-order valence-electron chi connectivity index (χ3n) is 4.10. The summed E-state index contributed by atoms with van der Waals surface area (Å²) in [5, 5.41) is 4.46. The lowest BCUT2D eigenvalue weighted by Crippen LogP contribution is -2.14. The predicted octanol–water partition coefficient (Wildman–Crippen LogP) is 5.82. The minimum absolute atomic E-state index is 0.114. The van der Waals surface area contributed by atoms with Gasteiger partial charge in [-0.3, -0.25) is 4.79 Å². The van der Waals surface area contributed by atoms with E-state index in [0.717, 1.165) is 5.56 Å². The summed E-state index contributed by atoms with van der Waals surface area (Å²) in [7, 11) is 0. The number of amides is 1. The zero-order valence-corrected chi connectivity index (χ0v) is 16.7. The van der Waals surface area contributed by atoms with Gasteiger partial charge in [0.25, 0.3) is 0 Å². The molecule has 144 valence electrons. The van der Waals surface area contributed by atoms with Crippen LogP contribution in [0.25, 0.3) is 22.3 Å². The second-order valence-electron chi connectivity index (χ2n) is 6.23. The van der Waals surface area contributed by atoms with Crippen molar-refractivity contribution in [3.63, 3.8) is 0 Å². The molecule has 1 N–H and O–H groups in total. The molecule has 1 heterocycles. The van der Waals surface area contributed by atoms with Crippen LogP contribution in [0.3, 0.4) is 0 Å². The summed E-state index contributed by atoms with van der Waals surface area (Å²) in [6.07, 6.45) is 0. The summed E-state index contributed by atoms with van der Waals surface area (Å²) < 4.78 is 13.8. The number of carbonyl (C=O) groups is 1. The highest BCUT2D eigenvalue weighted by molar-refractivity contribution is 8.00. The number of aromatic nitrogens is 2. The summed E-state index contributed by atoms with van der Waals surface area (Å²) in [6.45, 7) is 0. The van der Waals surface area contributed by atoms with Crippen molar-refractivity contribution in [1.29, 1.82) is 0 Å². The van der Waals surface area contributed by atoms with Crippen LogP contribution in [0.1, 0.15) is 0 Å². The molecular weight excluding hydrogens is 409 g/mol. The van der Waals surface area contributed by atoms with Crippen LogP contribution in [0.2, 0.25) is 5.02 Å². The van der Waals surface area contributed by atoms with E-state index in [0.29, 0.717) is 32.5 Å². The molecule has 0 saturated heterocycles. The first kappa shape index (κ1) is 19.4. The quantitative estimate of drug-likeness (QED) is 0.324. The third-order valence-corrected chi connectivity index (χ3v) is 5.33. The molecule has 0 bridgehead atoms. The maximum absolute atomic E-state index is 13.8. The molecule has 0 atom stereocenters. The Balaban J connectivity index is 1.61. The molecule has 0 unspecified atom stereocenters. The first-order valence-corrected chi connectivity index (χ1v) is 10.2. The Morgan fingerprint density at radius 2 is 1.83 bits per heavy atom. The highest BCUT2D eigenvalue weighted by atomic mass is 35.5. The van der Waals surface area contributed by atoms with Crippen LogP contribution < -0.4 is 5.32 Å². The van der Waals surface area contributed by atoms with Crippen molar-refractivity contribution in [2.45, 2.75) is 5.03 Å². The molecule has 0 fully saturated rings. The van der Waals surface area contributed by atoms with Crippen LogP contribution in [0.5, 0.6) is 0 Å². The number of benzene rings is 3. The van der Waals surface area contributed by atoms with Crippen LogP contribution in [0.15, 0.2) is 77.8 Å². The zero-order valence-electron chi connectivity index (χ0n) is 15.1. The van der Waals surface area contributed by atoms with Crippen LogP contribution in [-0.4, -0.2) is 21.6 Å². The molecule has 0 radical (unpaired) electrons. The van der Waals surface area contributed by atoms with Gasteiger partial charge in [-0.05, 0) is 36.4 Å². The molecule has 0 saturated carbocycles. The fourth-order valence-electron chi connectivity index (χ4n) is 2.80. The molecule has 1 amide bonds. The van der Waals surface area contributed by atoms with E-state index < -0.39 is 0 Å². The number of thioether (sulfide) groups is 1. The largest absolute Gasteiger partial charge is 0.325 e. The number of nitrogens with one attached hydrogen (secondary N) is 1. The van der Waals surface area contributed by atoms with Crippen molar-refractivity contribution in [2.24, 2.45) is 0 Å². The maximum Gasteiger partial charge on any atom is 0.234 e. The van der Waals surface area contributed by atoms with Gasteiger partial charge in [0.1, 0.15) is 10.8 Å². The molecule has 0 spiro atoms. The summed E-state index contributed by atoms with van der Waals surface area (Å²) in [6, 6.07) is 20.8. The van der Waals surface area contributed by atoms with Gasteiger partial charge in [0.2, 0.25) is 5.91 Å². The molecule has 4 rings (SSSR count). The number of anilines is 1. The van der Waals surface area contributed by atoms with Gasteiger partial charge in [-0.25, -0.2) is 14.4 Å². The monoisotopic (exact) mass is 423 g/mol. The van der Waals surface area contributed by atoms with Crippen molar-refractivity contribution < 1.29 is 9.18 Å². The Bertz CT molecular complexity index is 1190. The second kappa shape index (κ2) is 8.59. The number of rotatable bonds is 5. The van der Waals surface area contributed by atoms with E-state index in [4.69, 9.17) is 11.6 Å². The fourth-order valence-corrected chi connectivity index (χ4v) is 3.80. The Hall–Kier alpha value is -2.96. The smallest absolute Gasteiger partial charge is 0.234 e. The SMILES string of the molecule is O=C(CSc1nc(-c2ccccc2)nc2ccc(F)cc12)Nc1cccc(Cl)c1. The summed E-state index contributed by atoms with van der Waals surface area (Å²) in [5.74, 6) is 0.0616. The van der Waals surface area contributed by atoms with Crippen LogP contribution >= 0.6 is 23.4 Å². The first-order chi connectivity index (χ1) is 14.1. The fraction of sp³-hybridized carbons (Fsp3) is 0.0455. The van der Waals surface area contributed by atoms with E-state index in [1.165, 1.54) is 23.9 Å². The Morgan fingerprint density at radius 3 is 2.62 bits per heavy atom. The van der Waals surface area contributed by atoms with E-state index in [1.54, 1.807) is 30.3 Å². The van der Waals surface area contributed by atoms with Gasteiger partial charge in [-0.15, -0.1) is 0 Å². The standard InChI is InChI=1S/C22H15ClFN3OS/c23-15-7-4-8-17(11-15)25-20(28)13-29-22-18-12-16(24)9-10-19(18)26-21(27-22)14-5-2-1-3-6-14/h1-12H,13H2,(H,25,28). The summed E-state index contributed by atoms with van der Waals surface area (Å²) in [4.78, 5) is 21.5. The van der Waals surface area contributed by atoms with Crippen molar-refractivity contribution in [3.05, 3.63) is 83.6 Å². The summed E-state index contributed by atoms with van der Waals surface area (Å²) >= 11 is 7.18. The van der Waals surface area contributed by atoms with Crippen LogP contribution in [0.4, 0.5) is 10.1 Å². The lowest BCUT2D eigenvalue weighted by Gasteiger charge is -2.09. The average molecular weight is 424 g/mol. The molecule has 1 aromatic heterocycles. The zero-order chi connectivity index (χ0) is 20.2. The molecular formula is C22H15ClFN3OS. The third kappa shape index (κ3) is 4.72. The Morgan fingerprint density at radius 1 is 1.00 bits per heavy atom. The van der Waals surface area contributed by atoms with Gasteiger partial charge in [0, 0.05) is 21.7 Å². The number of halogens is 2. The van der Waals surface area contributed by atoms with E-state index in [9.17, 15) is 9.18 Å². The minimum Gasteiger partial charge on any atom is -0.325 e. The maximum atomic E-state index is 13.8. The molecule has 29 heavy (non-hydrogen) atoms. The van der Waals surface area contributed by atoms with Crippen molar-refractivity contribution in [3.8, 4) is 11.4 Å². The normalized spacial score (nSPS) is 10.8. The Kier molecular flexibility index (Phi) is 5.74. The molecule has 7 heteroatoms. The number of carbonyl (C=O) groups excluding carboxylic acids is 1. The molecule has 0 aliphatic heterocycles. The van der Waals surface area contributed by atoms with Crippen molar-refractivity contribution in [2.75, 3.05) is 11.1 Å². The van der Waals surface area contributed by atoms with E-state index >= 15 is 0 Å². The van der Waals surface area contributed by atoms with Crippen LogP contribution in [0, 0.1) is 5.82 Å². The predicted molar refractivity (Wildman–Crippen MR) is 116 cm³/mol. The van der Waals surface area contributed by atoms with Gasteiger partial charge in [0.05, 0.1) is 11.3 Å². The van der Waals surface area contributed by atoms with E-state index in [2.05, 4.69) is 15.3 Å². The molecule has 4 aromatic rings. The van der Waals surface area contributed by atoms with Gasteiger partial charge in [-0.2, -0.15) is 0 Å². The minimum atomic E-state index is -0.376. The van der Waals surface area contributed by atoms with Crippen molar-refractivity contribution >= 4 is 45.9 Å². The average Bonchev–Trinajstić information content (AvgIpc) is 2.72. The highest BCUT2D eigenvalue weighted by Gasteiger charge is 2.13. The van der Waals surface area contributed by atoms with E-state index in [-0.39, 0.29) is 17.5 Å². The van der Waals surface area contributed by atoms with Gasteiger partial charge >= 0.3 is 0 Å². The Labute approximate surface area is 176 Å². The van der Waals surface area contributed by atoms with Gasteiger partial charge in [-0.1, -0.05) is 59.8 Å². The molecule has 4 nitrogen and oxygen atoms in total. The lowest BCUT2D eigenvalue weighted by molar-refractivity contribution is -0.113. The number of fused-ring (bicyclic) bond motifs is 1. The number of hydrogen-bond donors (Lipinski definition) is 1. The molecule has 0 aliphatic rings. The second-order valence-corrected chi connectivity index (χ2v) is 7.63. The topological polar surface area (TPSA) is 54.9 Å². The number of hydrogen-bond acceptors (Lipinski definition) is 4. The van der Waals surface area contributed by atoms with Crippen molar-refractivity contribution in [1.82, 2.24) is 9.97 Å². The highest BCUT2D eigenvalue weighted by Crippen LogP contribution is 2.29. The van der Waals surface area contributed by atoms with Crippen LogP contribution in [-0.2, 0) is 4.79 Å². The summed E-state index contributed by atoms with van der Waals surface area (Å²) in [5.41, 5.74) is 2.09.